The third-order valence-electron chi connectivity index (χ3n) is 2.40. The first-order valence-electron chi connectivity index (χ1n) is 4.83. The smallest absolute Gasteiger partial charge is 0.325 e. The number of halogens is 1. The highest BCUT2D eigenvalue weighted by Crippen LogP contribution is 2.41. The van der Waals surface area contributed by atoms with Crippen molar-refractivity contribution in [3.05, 3.63) is 22.2 Å². The molecular weight excluding hydrogens is 246 g/mol. The number of carboxylic acids is 1. The molecule has 1 aromatic carbocycles. The van der Waals surface area contributed by atoms with E-state index >= 15 is 0 Å². The molecule has 0 amide bonds. The minimum atomic E-state index is -1.19. The van der Waals surface area contributed by atoms with E-state index in [0.29, 0.717) is 16.9 Å². The summed E-state index contributed by atoms with van der Waals surface area (Å²) in [6.45, 7) is 1.75. The Bertz CT molecular complexity index is 448. The van der Waals surface area contributed by atoms with Crippen molar-refractivity contribution in [2.75, 3.05) is 14.2 Å². The second kappa shape index (κ2) is 5.25. The van der Waals surface area contributed by atoms with Crippen LogP contribution in [0, 0.1) is 6.92 Å². The maximum absolute atomic E-state index is 10.9. The highest BCUT2D eigenvalue weighted by molar-refractivity contribution is 6.33. The van der Waals surface area contributed by atoms with Gasteiger partial charge >= 0.3 is 5.97 Å². The molecule has 0 aromatic heterocycles. The number of hydrogen-bond acceptors (Lipinski definition) is 4. The Morgan fingerprint density at radius 2 is 1.94 bits per heavy atom. The quantitative estimate of drug-likeness (QED) is 0.861. The van der Waals surface area contributed by atoms with Gasteiger partial charge in [0.2, 0.25) is 0 Å². The molecule has 0 heterocycles. The predicted molar refractivity (Wildman–Crippen MR) is 63.9 cm³/mol. The van der Waals surface area contributed by atoms with Gasteiger partial charge < -0.3 is 20.3 Å². The molecule has 94 valence electrons. The molecule has 0 fully saturated rings. The Hall–Kier alpha value is -1.46. The van der Waals surface area contributed by atoms with Gasteiger partial charge in [0.15, 0.2) is 0 Å². The maximum atomic E-state index is 10.9. The van der Waals surface area contributed by atoms with Crippen molar-refractivity contribution in [1.82, 2.24) is 0 Å². The SMILES string of the molecule is COc1c(C)cc(C(N)C(=O)O)c(OC)c1Cl. The molecule has 0 radical (unpaired) electrons. The van der Waals surface area contributed by atoms with Crippen LogP contribution in [0.15, 0.2) is 6.07 Å². The molecule has 6 heteroatoms. The average molecular weight is 260 g/mol. The van der Waals surface area contributed by atoms with Gasteiger partial charge in [-0.15, -0.1) is 0 Å². The molecule has 1 rings (SSSR count). The Balaban J connectivity index is 3.46. The number of rotatable bonds is 4. The molecule has 1 atom stereocenters. The van der Waals surface area contributed by atoms with E-state index in [9.17, 15) is 4.79 Å². The van der Waals surface area contributed by atoms with Crippen LogP contribution in [-0.2, 0) is 4.79 Å². The summed E-state index contributed by atoms with van der Waals surface area (Å²) in [5.41, 5.74) is 6.59. The molecule has 0 saturated carbocycles. The van der Waals surface area contributed by atoms with E-state index in [0.717, 1.165) is 0 Å². The third-order valence-corrected chi connectivity index (χ3v) is 2.74. The lowest BCUT2D eigenvalue weighted by Gasteiger charge is -2.17. The second-order valence-electron chi connectivity index (χ2n) is 3.48. The van der Waals surface area contributed by atoms with Crippen molar-refractivity contribution in [2.24, 2.45) is 5.73 Å². The Morgan fingerprint density at radius 1 is 1.41 bits per heavy atom. The van der Waals surface area contributed by atoms with Crippen LogP contribution in [0.3, 0.4) is 0 Å². The van der Waals surface area contributed by atoms with E-state index in [2.05, 4.69) is 0 Å². The van der Waals surface area contributed by atoms with Crippen molar-refractivity contribution < 1.29 is 19.4 Å². The molecule has 0 aliphatic carbocycles. The first kappa shape index (κ1) is 13.6. The fraction of sp³-hybridized carbons (Fsp3) is 0.364. The Kier molecular flexibility index (Phi) is 4.20. The van der Waals surface area contributed by atoms with Crippen LogP contribution in [0.4, 0.5) is 0 Å². The van der Waals surface area contributed by atoms with Crippen LogP contribution < -0.4 is 15.2 Å². The fourth-order valence-corrected chi connectivity index (χ4v) is 2.00. The lowest BCUT2D eigenvalue weighted by atomic mass is 10.0. The summed E-state index contributed by atoms with van der Waals surface area (Å²) in [4.78, 5) is 10.9. The van der Waals surface area contributed by atoms with Gasteiger partial charge in [-0.25, -0.2) is 0 Å². The Morgan fingerprint density at radius 3 is 2.35 bits per heavy atom. The van der Waals surface area contributed by atoms with Crippen molar-refractivity contribution in [3.63, 3.8) is 0 Å². The van der Waals surface area contributed by atoms with E-state index in [4.69, 9.17) is 31.9 Å². The number of nitrogens with two attached hydrogens (primary N) is 1. The van der Waals surface area contributed by atoms with Crippen LogP contribution in [0.1, 0.15) is 17.2 Å². The monoisotopic (exact) mass is 259 g/mol. The Labute approximate surface area is 104 Å². The molecular formula is C11H14ClNO4. The fourth-order valence-electron chi connectivity index (χ4n) is 1.59. The highest BCUT2D eigenvalue weighted by Gasteiger charge is 2.24. The molecule has 0 saturated heterocycles. The lowest BCUT2D eigenvalue weighted by Crippen LogP contribution is -2.21. The first-order chi connectivity index (χ1) is 7.93. The number of carboxylic acid groups (broad SMARTS) is 1. The van der Waals surface area contributed by atoms with Gasteiger partial charge in [-0.05, 0) is 18.6 Å². The molecule has 17 heavy (non-hydrogen) atoms. The topological polar surface area (TPSA) is 81.8 Å². The highest BCUT2D eigenvalue weighted by atomic mass is 35.5. The third kappa shape index (κ3) is 2.45. The lowest BCUT2D eigenvalue weighted by molar-refractivity contribution is -0.138. The number of ether oxygens (including phenoxy) is 2. The van der Waals surface area contributed by atoms with E-state index in [1.807, 2.05) is 0 Å². The molecule has 3 N–H and O–H groups in total. The minimum absolute atomic E-state index is 0.224. The van der Waals surface area contributed by atoms with Crippen LogP contribution in [0.2, 0.25) is 5.02 Å². The largest absolute Gasteiger partial charge is 0.495 e. The van der Waals surface area contributed by atoms with Gasteiger partial charge in [0.25, 0.3) is 0 Å². The number of hydrogen-bond donors (Lipinski definition) is 2. The molecule has 0 bridgehead atoms. The van der Waals surface area contributed by atoms with Crippen molar-refractivity contribution in [2.45, 2.75) is 13.0 Å². The van der Waals surface area contributed by atoms with E-state index in [1.165, 1.54) is 14.2 Å². The normalized spacial score (nSPS) is 12.1. The van der Waals surface area contributed by atoms with Crippen LogP contribution in [-0.4, -0.2) is 25.3 Å². The number of benzene rings is 1. The molecule has 0 spiro atoms. The summed E-state index contributed by atoms with van der Waals surface area (Å²) in [6, 6.07) is 0.412. The summed E-state index contributed by atoms with van der Waals surface area (Å²) in [5.74, 6) is -0.474. The van der Waals surface area contributed by atoms with Gasteiger partial charge in [-0.2, -0.15) is 0 Å². The van der Waals surface area contributed by atoms with Crippen molar-refractivity contribution >= 4 is 17.6 Å². The number of carbonyl (C=O) groups is 1. The standard InChI is InChI=1S/C11H14ClNO4/c1-5-4-6(8(13)11(14)15)10(17-3)7(12)9(5)16-2/h4,8H,13H2,1-3H3,(H,14,15). The van der Waals surface area contributed by atoms with Crippen LogP contribution >= 0.6 is 11.6 Å². The molecule has 5 nitrogen and oxygen atoms in total. The summed E-state index contributed by atoms with van der Waals surface area (Å²) in [7, 11) is 2.87. The van der Waals surface area contributed by atoms with E-state index < -0.39 is 12.0 Å². The first-order valence-corrected chi connectivity index (χ1v) is 5.21. The zero-order valence-corrected chi connectivity index (χ0v) is 10.5. The zero-order valence-electron chi connectivity index (χ0n) is 9.78. The molecule has 0 aliphatic rings. The minimum Gasteiger partial charge on any atom is -0.495 e. The predicted octanol–water partition coefficient (Wildman–Crippen LogP) is 1.75. The van der Waals surface area contributed by atoms with E-state index in [-0.39, 0.29) is 10.8 Å². The van der Waals surface area contributed by atoms with Gasteiger partial charge in [0, 0.05) is 5.56 Å². The zero-order chi connectivity index (χ0) is 13.2. The van der Waals surface area contributed by atoms with Gasteiger partial charge in [0.1, 0.15) is 22.6 Å². The van der Waals surface area contributed by atoms with Crippen molar-refractivity contribution in [1.29, 1.82) is 0 Å². The van der Waals surface area contributed by atoms with E-state index in [1.54, 1.807) is 13.0 Å². The van der Waals surface area contributed by atoms with Gasteiger partial charge in [0.05, 0.1) is 14.2 Å². The maximum Gasteiger partial charge on any atom is 0.325 e. The summed E-state index contributed by atoms with van der Waals surface area (Å²) in [6.07, 6.45) is 0. The molecule has 0 aliphatic heterocycles. The molecule has 1 aromatic rings. The van der Waals surface area contributed by atoms with Crippen LogP contribution in [0.25, 0.3) is 0 Å². The summed E-state index contributed by atoms with van der Waals surface area (Å²) >= 11 is 6.07. The number of aliphatic carboxylic acids is 1. The number of aryl methyl sites for hydroxylation is 1. The second-order valence-corrected chi connectivity index (χ2v) is 3.86. The average Bonchev–Trinajstić information content (AvgIpc) is 2.27. The number of methoxy groups -OCH3 is 2. The van der Waals surface area contributed by atoms with Gasteiger partial charge in [-0.3, -0.25) is 4.79 Å². The van der Waals surface area contributed by atoms with Crippen molar-refractivity contribution in [3.8, 4) is 11.5 Å². The van der Waals surface area contributed by atoms with Gasteiger partial charge in [-0.1, -0.05) is 11.6 Å². The summed E-state index contributed by atoms with van der Waals surface area (Å²) < 4.78 is 10.2. The molecule has 1 unspecified atom stereocenters. The summed E-state index contributed by atoms with van der Waals surface area (Å²) in [5, 5.41) is 9.13. The van der Waals surface area contributed by atoms with Crippen LogP contribution in [0.5, 0.6) is 11.5 Å².